The highest BCUT2D eigenvalue weighted by molar-refractivity contribution is 5.96. The molecule has 2 N–H and O–H groups in total. The van der Waals surface area contributed by atoms with Crippen molar-refractivity contribution >= 4 is 34.7 Å². The molecule has 4 heterocycles. The van der Waals surface area contributed by atoms with Gasteiger partial charge in [-0.25, -0.2) is 4.79 Å². The molecule has 12 heteroatoms. The lowest BCUT2D eigenvalue weighted by molar-refractivity contribution is -0.153. The average molecular weight is 631 g/mol. The molecule has 12 nitrogen and oxygen atoms in total. The summed E-state index contributed by atoms with van der Waals surface area (Å²) < 4.78 is 7.20. The number of amides is 4. The summed E-state index contributed by atoms with van der Waals surface area (Å²) in [6, 6.07) is 12.1. The van der Waals surface area contributed by atoms with Crippen LogP contribution in [0.3, 0.4) is 0 Å². The van der Waals surface area contributed by atoms with Gasteiger partial charge >= 0.3 is 6.09 Å². The van der Waals surface area contributed by atoms with Gasteiger partial charge in [-0.3, -0.25) is 24.0 Å². The van der Waals surface area contributed by atoms with Gasteiger partial charge < -0.3 is 25.0 Å². The number of rotatable bonds is 7. The van der Waals surface area contributed by atoms with Crippen molar-refractivity contribution in [1.29, 1.82) is 0 Å². The number of aryl methyl sites for hydroxylation is 2. The maximum Gasteiger partial charge on any atom is 0.408 e. The molecule has 2 aromatic carbocycles. The second-order valence-electron chi connectivity index (χ2n) is 12.8. The Kier molecular flexibility index (Phi) is 9.25. The average Bonchev–Trinajstić information content (AvgIpc) is 3.67. The lowest BCUT2D eigenvalue weighted by Crippen LogP contribution is -2.62. The minimum absolute atomic E-state index is 0.00980. The monoisotopic (exact) mass is 630 g/mol. The summed E-state index contributed by atoms with van der Waals surface area (Å²) in [5, 5.41) is 18.5. The largest absolute Gasteiger partial charge is 0.465 e. The molecule has 0 radical (unpaired) electrons. The molecule has 3 aliphatic rings. The van der Waals surface area contributed by atoms with Gasteiger partial charge in [-0.05, 0) is 61.8 Å². The van der Waals surface area contributed by atoms with Crippen LogP contribution in [0.25, 0.3) is 10.9 Å². The highest BCUT2D eigenvalue weighted by Crippen LogP contribution is 2.33. The highest BCUT2D eigenvalue weighted by Gasteiger charge is 2.50. The molecule has 0 aliphatic carbocycles. The quantitative estimate of drug-likeness (QED) is 0.410. The van der Waals surface area contributed by atoms with Crippen LogP contribution in [0.5, 0.6) is 0 Å². The fourth-order valence-electron chi connectivity index (χ4n) is 7.21. The summed E-state index contributed by atoms with van der Waals surface area (Å²) >= 11 is 0. The third-order valence-electron chi connectivity index (χ3n) is 9.67. The van der Waals surface area contributed by atoms with E-state index in [2.05, 4.69) is 22.5 Å². The van der Waals surface area contributed by atoms with Crippen LogP contribution < -0.4 is 5.32 Å². The molecule has 244 valence electrons. The molecular formula is C34H42N6O6. The van der Waals surface area contributed by atoms with E-state index < -0.39 is 30.0 Å². The van der Waals surface area contributed by atoms with Crippen LogP contribution in [0.1, 0.15) is 36.0 Å². The number of carboxylic acid groups (broad SMARTS) is 1. The van der Waals surface area contributed by atoms with Crippen LogP contribution in [-0.2, 0) is 39.1 Å². The van der Waals surface area contributed by atoms with Crippen LogP contribution in [-0.4, -0.2) is 105 Å². The standard InChI is InChI=1S/C34H42N6O6/c1-22-5-7-23(8-6-22)16-25-18-29(31(41)35-19-24-9-10-28-26(17-24)20-36-37(28)2)40(21-25)33(43)30-27(4-3-11-39(30)34(44)45)32(42)38-12-14-46-15-13-38/h5-10,17,20,25,27,29-30H,3-4,11-16,18-19,21H2,1-2H3,(H,35,41)(H,44,45)/t25-,27+,29+,30-/m1/s1. The number of carbonyl (C=O) groups excluding carboxylic acids is 3. The molecule has 0 spiro atoms. The van der Waals surface area contributed by atoms with Gasteiger partial charge in [-0.15, -0.1) is 0 Å². The number of hydrogen-bond donors (Lipinski definition) is 2. The van der Waals surface area contributed by atoms with Crippen molar-refractivity contribution in [2.24, 2.45) is 18.9 Å². The van der Waals surface area contributed by atoms with Crippen molar-refractivity contribution in [3.05, 3.63) is 65.4 Å². The normalized spacial score (nSPS) is 23.5. The molecule has 3 fully saturated rings. The molecule has 1 aromatic heterocycles. The fourth-order valence-corrected chi connectivity index (χ4v) is 7.21. The molecule has 3 saturated heterocycles. The van der Waals surface area contributed by atoms with Crippen LogP contribution in [0.4, 0.5) is 4.79 Å². The number of fused-ring (bicyclic) bond motifs is 1. The van der Waals surface area contributed by atoms with E-state index in [4.69, 9.17) is 4.74 Å². The van der Waals surface area contributed by atoms with Crippen molar-refractivity contribution in [1.82, 2.24) is 29.8 Å². The molecule has 4 amide bonds. The summed E-state index contributed by atoms with van der Waals surface area (Å²) in [6.45, 7) is 4.38. The molecule has 0 unspecified atom stereocenters. The number of nitrogens with one attached hydrogen (secondary N) is 1. The van der Waals surface area contributed by atoms with Crippen LogP contribution in [0.2, 0.25) is 0 Å². The number of likely N-dealkylation sites (tertiary alicyclic amines) is 2. The minimum Gasteiger partial charge on any atom is -0.465 e. The second-order valence-corrected chi connectivity index (χ2v) is 12.8. The van der Waals surface area contributed by atoms with Crippen molar-refractivity contribution in [3.63, 3.8) is 0 Å². The summed E-state index contributed by atoms with van der Waals surface area (Å²) in [4.78, 5) is 58.9. The predicted molar refractivity (Wildman–Crippen MR) is 170 cm³/mol. The summed E-state index contributed by atoms with van der Waals surface area (Å²) in [6.07, 6.45) is 2.55. The summed E-state index contributed by atoms with van der Waals surface area (Å²) in [7, 11) is 1.87. The third kappa shape index (κ3) is 6.57. The Hall–Kier alpha value is -4.45. The van der Waals surface area contributed by atoms with Crippen LogP contribution in [0.15, 0.2) is 48.7 Å². The van der Waals surface area contributed by atoms with Gasteiger partial charge in [0.15, 0.2) is 0 Å². The van der Waals surface area contributed by atoms with E-state index in [1.807, 2.05) is 44.3 Å². The molecule has 0 bridgehead atoms. The predicted octanol–water partition coefficient (Wildman–Crippen LogP) is 2.58. The zero-order chi connectivity index (χ0) is 32.4. The first-order chi connectivity index (χ1) is 22.2. The summed E-state index contributed by atoms with van der Waals surface area (Å²) in [5.41, 5.74) is 4.15. The number of piperidine rings is 1. The molecular weight excluding hydrogens is 588 g/mol. The van der Waals surface area contributed by atoms with Crippen LogP contribution in [0, 0.1) is 18.8 Å². The van der Waals surface area contributed by atoms with Crippen molar-refractivity contribution in [2.45, 2.75) is 51.2 Å². The molecule has 3 aliphatic heterocycles. The Morgan fingerprint density at radius 3 is 2.46 bits per heavy atom. The Morgan fingerprint density at radius 2 is 1.72 bits per heavy atom. The van der Waals surface area contributed by atoms with Gasteiger partial charge in [0.25, 0.3) is 0 Å². The number of aromatic nitrogens is 2. The van der Waals surface area contributed by atoms with Gasteiger partial charge in [-0.1, -0.05) is 35.9 Å². The molecule has 46 heavy (non-hydrogen) atoms. The Balaban J connectivity index is 1.25. The zero-order valence-electron chi connectivity index (χ0n) is 26.4. The van der Waals surface area contributed by atoms with E-state index in [1.165, 1.54) is 0 Å². The Morgan fingerprint density at radius 1 is 0.978 bits per heavy atom. The number of carbonyl (C=O) groups is 4. The number of hydrogen-bond acceptors (Lipinski definition) is 6. The fraction of sp³-hybridized carbons (Fsp3) is 0.500. The molecule has 0 saturated carbocycles. The SMILES string of the molecule is Cc1ccc(C[C@@H]2C[C@@H](C(=O)NCc3ccc4c(cnn4C)c3)N(C(=O)[C@H]3[C@@H](C(=O)N4CCOCC4)CCCN3C(=O)O)C2)cc1. The van der Waals surface area contributed by atoms with E-state index in [1.54, 1.807) is 20.7 Å². The first kappa shape index (κ1) is 31.5. The lowest BCUT2D eigenvalue weighted by Gasteiger charge is -2.42. The van der Waals surface area contributed by atoms with E-state index >= 15 is 0 Å². The maximum absolute atomic E-state index is 14.5. The van der Waals surface area contributed by atoms with Crippen LogP contribution >= 0.6 is 0 Å². The van der Waals surface area contributed by atoms with Gasteiger partial charge in [0.05, 0.1) is 30.8 Å². The zero-order valence-corrected chi connectivity index (χ0v) is 26.4. The van der Waals surface area contributed by atoms with E-state index in [-0.39, 0.29) is 30.8 Å². The number of nitrogens with zero attached hydrogens (tertiary/aromatic N) is 5. The van der Waals surface area contributed by atoms with Crippen molar-refractivity contribution in [3.8, 4) is 0 Å². The van der Waals surface area contributed by atoms with Crippen molar-refractivity contribution in [2.75, 3.05) is 39.4 Å². The molecule has 4 atom stereocenters. The summed E-state index contributed by atoms with van der Waals surface area (Å²) in [5.74, 6) is -1.82. The lowest BCUT2D eigenvalue weighted by atomic mass is 9.86. The van der Waals surface area contributed by atoms with Gasteiger partial charge in [0.1, 0.15) is 12.1 Å². The van der Waals surface area contributed by atoms with E-state index in [0.29, 0.717) is 58.5 Å². The highest BCUT2D eigenvalue weighted by atomic mass is 16.5. The van der Waals surface area contributed by atoms with E-state index in [9.17, 15) is 24.3 Å². The number of morpholine rings is 1. The minimum atomic E-state index is -1.24. The number of ether oxygens (including phenoxy) is 1. The number of benzene rings is 2. The Bertz CT molecular complexity index is 1600. The van der Waals surface area contributed by atoms with Gasteiger partial charge in [-0.2, -0.15) is 5.10 Å². The third-order valence-corrected chi connectivity index (χ3v) is 9.67. The first-order valence-electron chi connectivity index (χ1n) is 16.1. The van der Waals surface area contributed by atoms with Gasteiger partial charge in [0, 0.05) is 45.2 Å². The van der Waals surface area contributed by atoms with E-state index in [0.717, 1.165) is 32.5 Å². The molecule has 6 rings (SSSR count). The topological polar surface area (TPSA) is 137 Å². The van der Waals surface area contributed by atoms with Crippen molar-refractivity contribution < 1.29 is 29.0 Å². The van der Waals surface area contributed by atoms with Gasteiger partial charge in [0.2, 0.25) is 17.7 Å². The second kappa shape index (κ2) is 13.5. The Labute approximate surface area is 268 Å². The molecule has 3 aromatic rings. The first-order valence-corrected chi connectivity index (χ1v) is 16.1. The smallest absolute Gasteiger partial charge is 0.408 e. The maximum atomic E-state index is 14.5.